The fraction of sp³-hybridized carbons (Fsp3) is 0.333. The van der Waals surface area contributed by atoms with Gasteiger partial charge in [0.1, 0.15) is 5.82 Å². The summed E-state index contributed by atoms with van der Waals surface area (Å²) in [5.74, 6) is 1.52. The summed E-state index contributed by atoms with van der Waals surface area (Å²) >= 11 is 0. The fourth-order valence-corrected chi connectivity index (χ4v) is 2.53. The highest BCUT2D eigenvalue weighted by Gasteiger charge is 2.18. The van der Waals surface area contributed by atoms with Gasteiger partial charge in [-0.3, -0.25) is 0 Å². The smallest absolute Gasteiger partial charge is 0.110 e. The van der Waals surface area contributed by atoms with Crippen molar-refractivity contribution in [2.75, 3.05) is 13.1 Å². The molecule has 0 saturated carbocycles. The summed E-state index contributed by atoms with van der Waals surface area (Å²) in [7, 11) is 0. The van der Waals surface area contributed by atoms with Crippen LogP contribution in [0.3, 0.4) is 0 Å². The summed E-state index contributed by atoms with van der Waals surface area (Å²) in [6, 6.07) is 9.76. The molecule has 1 aromatic carbocycles. The molecule has 0 bridgehead atoms. The van der Waals surface area contributed by atoms with Crippen LogP contribution in [0.25, 0.3) is 11.3 Å². The highest BCUT2D eigenvalue weighted by atomic mass is 15.0. The first-order chi connectivity index (χ1) is 9.36. The molecule has 2 N–H and O–H groups in total. The van der Waals surface area contributed by atoms with Crippen LogP contribution >= 0.6 is 0 Å². The lowest BCUT2D eigenvalue weighted by Crippen LogP contribution is -2.28. The molecule has 1 aromatic heterocycles. The normalized spacial score (nSPS) is 19.0. The summed E-state index contributed by atoms with van der Waals surface area (Å²) in [5, 5.41) is 12.3. The average molecular weight is 252 g/mol. The molecule has 1 atom stereocenters. The predicted molar refractivity (Wildman–Crippen MR) is 73.6 cm³/mol. The van der Waals surface area contributed by atoms with Crippen LogP contribution in [0, 0.1) is 11.3 Å². The molecule has 3 rings (SSSR count). The third-order valence-electron chi connectivity index (χ3n) is 3.58. The fourth-order valence-electron chi connectivity index (χ4n) is 2.53. The number of nitrogens with one attached hydrogen (secondary N) is 2. The molecule has 96 valence electrons. The number of nitriles is 1. The van der Waals surface area contributed by atoms with E-state index in [0.717, 1.165) is 30.2 Å². The van der Waals surface area contributed by atoms with Crippen LogP contribution in [0.2, 0.25) is 0 Å². The first-order valence-electron chi connectivity index (χ1n) is 6.63. The number of benzene rings is 1. The monoisotopic (exact) mass is 252 g/mol. The van der Waals surface area contributed by atoms with Gasteiger partial charge in [0.15, 0.2) is 0 Å². The van der Waals surface area contributed by atoms with E-state index in [0.29, 0.717) is 11.5 Å². The van der Waals surface area contributed by atoms with Gasteiger partial charge in [-0.2, -0.15) is 5.26 Å². The van der Waals surface area contributed by atoms with E-state index in [1.807, 2.05) is 30.5 Å². The largest absolute Gasteiger partial charge is 0.342 e. The van der Waals surface area contributed by atoms with E-state index in [4.69, 9.17) is 5.26 Å². The van der Waals surface area contributed by atoms with Crippen LogP contribution in [0.1, 0.15) is 30.1 Å². The van der Waals surface area contributed by atoms with Crippen molar-refractivity contribution < 1.29 is 0 Å². The standard InChI is InChI=1S/C15H16N4/c16-8-11-3-1-4-12(7-11)14-10-18-15(19-14)13-5-2-6-17-9-13/h1,3-4,7,10,13,17H,2,5-6,9H2,(H,18,19). The quantitative estimate of drug-likeness (QED) is 0.862. The lowest BCUT2D eigenvalue weighted by Gasteiger charge is -2.20. The first kappa shape index (κ1) is 11.9. The molecular formula is C15H16N4. The van der Waals surface area contributed by atoms with Crippen molar-refractivity contribution >= 4 is 0 Å². The zero-order chi connectivity index (χ0) is 13.1. The summed E-state index contributed by atoms with van der Waals surface area (Å²) in [6.45, 7) is 2.10. The van der Waals surface area contributed by atoms with Crippen molar-refractivity contribution in [3.05, 3.63) is 41.9 Å². The summed E-state index contributed by atoms with van der Waals surface area (Å²) < 4.78 is 0. The van der Waals surface area contributed by atoms with Crippen LogP contribution in [0.5, 0.6) is 0 Å². The molecule has 1 aliphatic heterocycles. The number of rotatable bonds is 2. The molecule has 4 heteroatoms. The molecule has 0 aliphatic carbocycles. The van der Waals surface area contributed by atoms with Crippen molar-refractivity contribution in [3.8, 4) is 17.3 Å². The molecule has 1 unspecified atom stereocenters. The molecule has 0 radical (unpaired) electrons. The van der Waals surface area contributed by atoms with Crippen molar-refractivity contribution in [2.45, 2.75) is 18.8 Å². The van der Waals surface area contributed by atoms with E-state index in [1.165, 1.54) is 12.8 Å². The zero-order valence-corrected chi connectivity index (χ0v) is 10.7. The second-order valence-electron chi connectivity index (χ2n) is 4.92. The Labute approximate surface area is 112 Å². The Morgan fingerprint density at radius 3 is 3.11 bits per heavy atom. The Morgan fingerprint density at radius 1 is 1.37 bits per heavy atom. The maximum atomic E-state index is 8.93. The first-order valence-corrected chi connectivity index (χ1v) is 6.63. The van der Waals surface area contributed by atoms with E-state index in [1.54, 1.807) is 0 Å². The van der Waals surface area contributed by atoms with Gasteiger partial charge in [-0.15, -0.1) is 0 Å². The Morgan fingerprint density at radius 2 is 2.32 bits per heavy atom. The van der Waals surface area contributed by atoms with Crippen LogP contribution in [-0.2, 0) is 0 Å². The summed E-state index contributed by atoms with van der Waals surface area (Å²) in [5.41, 5.74) is 2.67. The lowest BCUT2D eigenvalue weighted by atomic mass is 9.99. The van der Waals surface area contributed by atoms with Crippen molar-refractivity contribution in [2.24, 2.45) is 0 Å². The van der Waals surface area contributed by atoms with E-state index in [9.17, 15) is 0 Å². The molecule has 4 nitrogen and oxygen atoms in total. The van der Waals surface area contributed by atoms with E-state index in [-0.39, 0.29) is 0 Å². The van der Waals surface area contributed by atoms with Gasteiger partial charge in [0, 0.05) is 18.0 Å². The van der Waals surface area contributed by atoms with Gasteiger partial charge in [0.05, 0.1) is 23.5 Å². The van der Waals surface area contributed by atoms with Crippen LogP contribution in [-0.4, -0.2) is 23.1 Å². The Bertz CT molecular complexity index is 603. The van der Waals surface area contributed by atoms with E-state index >= 15 is 0 Å². The van der Waals surface area contributed by atoms with Crippen molar-refractivity contribution in [3.63, 3.8) is 0 Å². The number of H-pyrrole nitrogens is 1. The Hall–Kier alpha value is -2.12. The van der Waals surface area contributed by atoms with E-state index < -0.39 is 0 Å². The van der Waals surface area contributed by atoms with Gasteiger partial charge in [-0.05, 0) is 31.5 Å². The molecule has 1 aliphatic rings. The average Bonchev–Trinajstić information content (AvgIpc) is 2.98. The van der Waals surface area contributed by atoms with Gasteiger partial charge in [0.2, 0.25) is 0 Å². The summed E-state index contributed by atoms with van der Waals surface area (Å²) in [4.78, 5) is 7.88. The number of aromatic nitrogens is 2. The van der Waals surface area contributed by atoms with Gasteiger partial charge >= 0.3 is 0 Å². The minimum absolute atomic E-state index is 0.474. The molecule has 19 heavy (non-hydrogen) atoms. The number of imidazole rings is 1. The van der Waals surface area contributed by atoms with E-state index in [2.05, 4.69) is 21.4 Å². The van der Waals surface area contributed by atoms with Gasteiger partial charge in [-0.1, -0.05) is 12.1 Å². The molecule has 1 fully saturated rings. The summed E-state index contributed by atoms with van der Waals surface area (Å²) in [6.07, 6.45) is 4.24. The van der Waals surface area contributed by atoms with Gasteiger partial charge in [-0.25, -0.2) is 4.98 Å². The Kier molecular flexibility index (Phi) is 3.30. The van der Waals surface area contributed by atoms with Crippen molar-refractivity contribution in [1.29, 1.82) is 5.26 Å². The number of hydrogen-bond donors (Lipinski definition) is 2. The molecule has 2 aromatic rings. The number of piperidine rings is 1. The Balaban J connectivity index is 1.86. The van der Waals surface area contributed by atoms with Crippen LogP contribution < -0.4 is 5.32 Å². The molecule has 1 saturated heterocycles. The minimum atomic E-state index is 0.474. The topological polar surface area (TPSA) is 64.5 Å². The number of nitrogens with zero attached hydrogens (tertiary/aromatic N) is 2. The highest BCUT2D eigenvalue weighted by Crippen LogP contribution is 2.24. The van der Waals surface area contributed by atoms with Gasteiger partial charge in [0.25, 0.3) is 0 Å². The third-order valence-corrected chi connectivity index (χ3v) is 3.58. The third kappa shape index (κ3) is 2.51. The zero-order valence-electron chi connectivity index (χ0n) is 10.7. The maximum absolute atomic E-state index is 8.93. The maximum Gasteiger partial charge on any atom is 0.110 e. The van der Waals surface area contributed by atoms with Gasteiger partial charge < -0.3 is 10.3 Å². The lowest BCUT2D eigenvalue weighted by molar-refractivity contribution is 0.449. The second-order valence-corrected chi connectivity index (χ2v) is 4.92. The molecule has 0 amide bonds. The van der Waals surface area contributed by atoms with Crippen LogP contribution in [0.15, 0.2) is 30.5 Å². The molecule has 2 heterocycles. The SMILES string of the molecule is N#Cc1cccc(-c2cnc(C3CCCNC3)[nH]2)c1. The van der Waals surface area contributed by atoms with Crippen LogP contribution in [0.4, 0.5) is 0 Å². The van der Waals surface area contributed by atoms with Crippen molar-refractivity contribution in [1.82, 2.24) is 15.3 Å². The minimum Gasteiger partial charge on any atom is -0.342 e. The predicted octanol–water partition coefficient (Wildman–Crippen LogP) is 2.42. The molecular weight excluding hydrogens is 236 g/mol. The second kappa shape index (κ2) is 5.25. The molecule has 0 spiro atoms. The number of hydrogen-bond acceptors (Lipinski definition) is 3. The number of aromatic amines is 1. The highest BCUT2D eigenvalue weighted by molar-refractivity contribution is 5.60.